The van der Waals surface area contributed by atoms with Crippen molar-refractivity contribution in [1.29, 1.82) is 0 Å². The molecule has 0 radical (unpaired) electrons. The normalized spacial score (nSPS) is 13.7. The first-order valence-corrected chi connectivity index (χ1v) is 10.2. The Morgan fingerprint density at radius 2 is 1.42 bits per heavy atom. The molecule has 156 valence electrons. The van der Waals surface area contributed by atoms with Crippen molar-refractivity contribution in [2.24, 2.45) is 0 Å². The van der Waals surface area contributed by atoms with Gasteiger partial charge in [-0.2, -0.15) is 0 Å². The molecule has 3 aromatic rings. The van der Waals surface area contributed by atoms with Crippen molar-refractivity contribution in [2.75, 3.05) is 25.6 Å². The summed E-state index contributed by atoms with van der Waals surface area (Å²) < 4.78 is 5.20. The number of benzene rings is 3. The number of anilines is 1. The van der Waals surface area contributed by atoms with Gasteiger partial charge >= 0.3 is 0 Å². The number of carbonyl (C=O) groups is 2. The Morgan fingerprint density at radius 1 is 0.806 bits per heavy atom. The van der Waals surface area contributed by atoms with Gasteiger partial charge in [0.15, 0.2) is 0 Å². The summed E-state index contributed by atoms with van der Waals surface area (Å²) >= 11 is 0. The van der Waals surface area contributed by atoms with Crippen LogP contribution in [0.5, 0.6) is 5.75 Å². The van der Waals surface area contributed by atoms with Crippen molar-refractivity contribution in [3.05, 3.63) is 102 Å². The van der Waals surface area contributed by atoms with Crippen molar-refractivity contribution < 1.29 is 14.3 Å². The second kappa shape index (κ2) is 8.88. The lowest BCUT2D eigenvalue weighted by molar-refractivity contribution is -0.136. The van der Waals surface area contributed by atoms with Gasteiger partial charge in [0.25, 0.3) is 11.8 Å². The van der Waals surface area contributed by atoms with E-state index in [-0.39, 0.29) is 11.8 Å². The van der Waals surface area contributed by atoms with Gasteiger partial charge in [0.2, 0.25) is 0 Å². The minimum atomic E-state index is -0.274. The molecule has 0 bridgehead atoms. The first kappa shape index (κ1) is 20.4. The van der Waals surface area contributed by atoms with Gasteiger partial charge in [0.05, 0.1) is 12.7 Å². The van der Waals surface area contributed by atoms with Crippen molar-refractivity contribution in [2.45, 2.75) is 6.42 Å². The Bertz CT molecular complexity index is 1110. The maximum absolute atomic E-state index is 13.4. The number of likely N-dealkylation sites (N-methyl/N-ethyl adjacent to an activating group) is 1. The molecule has 0 saturated carbocycles. The van der Waals surface area contributed by atoms with Gasteiger partial charge < -0.3 is 9.64 Å². The van der Waals surface area contributed by atoms with Crippen molar-refractivity contribution in [3.8, 4) is 5.75 Å². The number of carbonyl (C=O) groups excluding carboxylic acids is 2. The highest BCUT2D eigenvalue weighted by molar-refractivity contribution is 6.36. The van der Waals surface area contributed by atoms with Crippen LogP contribution < -0.4 is 9.64 Å². The number of imide groups is 1. The van der Waals surface area contributed by atoms with Crippen molar-refractivity contribution in [1.82, 2.24) is 4.90 Å². The fourth-order valence-electron chi connectivity index (χ4n) is 3.76. The average Bonchev–Trinajstić information content (AvgIpc) is 3.08. The number of hydrogen-bond donors (Lipinski definition) is 0. The fraction of sp³-hybridized carbons (Fsp3) is 0.154. The molecular weight excluding hydrogens is 388 g/mol. The molecule has 31 heavy (non-hydrogen) atoms. The highest BCUT2D eigenvalue weighted by Crippen LogP contribution is 2.33. The van der Waals surface area contributed by atoms with Crippen LogP contribution in [0, 0.1) is 0 Å². The molecule has 0 unspecified atom stereocenters. The van der Waals surface area contributed by atoms with Gasteiger partial charge in [0, 0.05) is 19.3 Å². The molecule has 0 aliphatic carbocycles. The summed E-state index contributed by atoms with van der Waals surface area (Å²) in [6.45, 7) is 0.312. The van der Waals surface area contributed by atoms with E-state index in [1.54, 1.807) is 12.0 Å². The number of para-hydroxylation sites is 1. The second-order valence-electron chi connectivity index (χ2n) is 7.34. The summed E-state index contributed by atoms with van der Waals surface area (Å²) in [5.41, 5.74) is 3.46. The van der Waals surface area contributed by atoms with Crippen LogP contribution in [-0.4, -0.2) is 37.4 Å². The summed E-state index contributed by atoms with van der Waals surface area (Å²) in [5.74, 6) is 0.239. The van der Waals surface area contributed by atoms with E-state index in [0.29, 0.717) is 24.2 Å². The van der Waals surface area contributed by atoms with Gasteiger partial charge in [-0.1, -0.05) is 60.7 Å². The summed E-state index contributed by atoms with van der Waals surface area (Å²) in [6, 6.07) is 26.6. The molecule has 2 amide bonds. The lowest BCUT2D eigenvalue weighted by Gasteiger charge is -2.21. The molecule has 1 heterocycles. The maximum atomic E-state index is 13.4. The zero-order valence-electron chi connectivity index (χ0n) is 17.6. The third-order valence-corrected chi connectivity index (χ3v) is 5.47. The predicted octanol–water partition coefficient (Wildman–Crippen LogP) is 4.15. The zero-order chi connectivity index (χ0) is 21.8. The van der Waals surface area contributed by atoms with Crippen LogP contribution in [0.15, 0.2) is 90.6 Å². The number of methoxy groups -OCH3 is 1. The van der Waals surface area contributed by atoms with E-state index in [2.05, 4.69) is 0 Å². The number of rotatable bonds is 7. The monoisotopic (exact) mass is 412 g/mol. The number of ether oxygens (including phenoxy) is 1. The van der Waals surface area contributed by atoms with Crippen molar-refractivity contribution in [3.63, 3.8) is 0 Å². The third kappa shape index (κ3) is 4.08. The second-order valence-corrected chi connectivity index (χ2v) is 7.34. The lowest BCUT2D eigenvalue weighted by Crippen LogP contribution is -2.35. The van der Waals surface area contributed by atoms with E-state index >= 15 is 0 Å². The molecule has 5 nitrogen and oxygen atoms in total. The quantitative estimate of drug-likeness (QED) is 0.547. The van der Waals surface area contributed by atoms with E-state index in [1.165, 1.54) is 4.90 Å². The maximum Gasteiger partial charge on any atom is 0.278 e. The summed E-state index contributed by atoms with van der Waals surface area (Å²) in [7, 11) is 3.45. The Hall–Kier alpha value is -3.86. The molecule has 0 saturated heterocycles. The van der Waals surface area contributed by atoms with Crippen LogP contribution in [0.4, 0.5) is 5.69 Å². The molecular formula is C26H24N2O3. The van der Waals surface area contributed by atoms with Crippen molar-refractivity contribution >= 4 is 23.1 Å². The summed E-state index contributed by atoms with van der Waals surface area (Å²) in [4.78, 5) is 30.0. The van der Waals surface area contributed by atoms with Gasteiger partial charge in [0.1, 0.15) is 11.4 Å². The Labute approximate surface area is 182 Å². The lowest BCUT2D eigenvalue weighted by atomic mass is 10.0. The van der Waals surface area contributed by atoms with Gasteiger partial charge in [-0.15, -0.1) is 0 Å². The van der Waals surface area contributed by atoms with Crippen LogP contribution in [-0.2, 0) is 16.0 Å². The molecule has 3 aromatic carbocycles. The largest absolute Gasteiger partial charge is 0.497 e. The molecule has 0 spiro atoms. The number of amides is 2. The molecule has 0 atom stereocenters. The van der Waals surface area contributed by atoms with Crippen LogP contribution >= 0.6 is 0 Å². The molecule has 0 fully saturated rings. The Kier molecular flexibility index (Phi) is 5.85. The topological polar surface area (TPSA) is 49.9 Å². The van der Waals surface area contributed by atoms with E-state index < -0.39 is 0 Å². The van der Waals surface area contributed by atoms with Gasteiger partial charge in [-0.05, 0) is 41.8 Å². The van der Waals surface area contributed by atoms with E-state index in [1.807, 2.05) is 92.0 Å². The Balaban J connectivity index is 1.65. The molecule has 5 heteroatoms. The van der Waals surface area contributed by atoms with E-state index in [4.69, 9.17) is 4.74 Å². The number of hydrogen-bond acceptors (Lipinski definition) is 4. The highest BCUT2D eigenvalue weighted by atomic mass is 16.5. The molecule has 1 aliphatic rings. The summed E-state index contributed by atoms with van der Waals surface area (Å²) in [5, 5.41) is 0. The molecule has 1 aliphatic heterocycles. The molecule has 0 aromatic heterocycles. The third-order valence-electron chi connectivity index (χ3n) is 5.47. The first-order chi connectivity index (χ1) is 15.1. The van der Waals surface area contributed by atoms with Gasteiger partial charge in [-0.3, -0.25) is 14.5 Å². The van der Waals surface area contributed by atoms with E-state index in [9.17, 15) is 9.59 Å². The molecule has 0 N–H and O–H groups in total. The average molecular weight is 412 g/mol. The minimum Gasteiger partial charge on any atom is -0.497 e. The fourth-order valence-corrected chi connectivity index (χ4v) is 3.76. The van der Waals surface area contributed by atoms with Crippen LogP contribution in [0.2, 0.25) is 0 Å². The highest BCUT2D eigenvalue weighted by Gasteiger charge is 2.40. The zero-order valence-corrected chi connectivity index (χ0v) is 17.6. The summed E-state index contributed by atoms with van der Waals surface area (Å²) in [6.07, 6.45) is 0.575. The van der Waals surface area contributed by atoms with Crippen LogP contribution in [0.1, 0.15) is 11.1 Å². The van der Waals surface area contributed by atoms with Crippen LogP contribution in [0.3, 0.4) is 0 Å². The SMILES string of the molecule is COc1ccc(CCN2C(=O)C(c3ccccc3)=C(N(C)c3ccccc3)C2=O)cc1. The smallest absolute Gasteiger partial charge is 0.278 e. The number of nitrogens with zero attached hydrogens (tertiary/aromatic N) is 2. The van der Waals surface area contributed by atoms with Crippen LogP contribution in [0.25, 0.3) is 5.57 Å². The standard InChI is InChI=1S/C26H24N2O3/c1-27(21-11-7-4-8-12-21)24-23(20-9-5-3-6-10-20)25(29)28(26(24)30)18-17-19-13-15-22(31-2)16-14-19/h3-16H,17-18H2,1-2H3. The predicted molar refractivity (Wildman–Crippen MR) is 122 cm³/mol. The van der Waals surface area contributed by atoms with E-state index in [0.717, 1.165) is 22.6 Å². The minimum absolute atomic E-state index is 0.262. The molecule has 4 rings (SSSR count). The van der Waals surface area contributed by atoms with Gasteiger partial charge in [-0.25, -0.2) is 0 Å². The first-order valence-electron chi connectivity index (χ1n) is 10.2. The Morgan fingerprint density at radius 3 is 2.03 bits per heavy atom.